The third-order valence-electron chi connectivity index (χ3n) is 3.99. The lowest BCUT2D eigenvalue weighted by Crippen LogP contribution is -2.18. The number of halogens is 1. The van der Waals surface area contributed by atoms with Crippen LogP contribution in [-0.2, 0) is 15.6 Å². The number of nitrogens with one attached hydrogen (secondary N) is 1. The number of phenolic OH excluding ortho intramolecular Hbond substituents is 1. The minimum atomic E-state index is -3.61. The van der Waals surface area contributed by atoms with E-state index in [1.54, 1.807) is 18.2 Å². The number of nitrogens with zero attached hydrogens (tertiary/aromatic N) is 1. The molecule has 1 aromatic heterocycles. The van der Waals surface area contributed by atoms with Crippen molar-refractivity contribution in [2.45, 2.75) is 17.6 Å². The summed E-state index contributed by atoms with van der Waals surface area (Å²) in [5.74, 6) is -1.90. The normalized spacial score (nSPS) is 12.0. The second-order valence-electron chi connectivity index (χ2n) is 6.14. The highest BCUT2D eigenvalue weighted by molar-refractivity contribution is 7.90. The Morgan fingerprint density at radius 1 is 1.14 bits per heavy atom. The average Bonchev–Trinajstić information content (AvgIpc) is 3.16. The molecular weight excluding hydrogens is 399 g/mol. The van der Waals surface area contributed by atoms with E-state index in [9.17, 15) is 22.7 Å². The fraction of sp³-hybridized carbons (Fsp3) is 0.100. The lowest BCUT2D eigenvalue weighted by atomic mass is 10.1. The van der Waals surface area contributed by atoms with Crippen LogP contribution in [-0.4, -0.2) is 25.1 Å². The van der Waals surface area contributed by atoms with Crippen LogP contribution in [0.5, 0.6) is 5.75 Å². The second kappa shape index (κ2) is 8.27. The van der Waals surface area contributed by atoms with Crippen molar-refractivity contribution in [3.63, 3.8) is 0 Å². The molecule has 7 nitrogen and oxygen atoms in total. The predicted octanol–water partition coefficient (Wildman–Crippen LogP) is 3.25. The van der Waals surface area contributed by atoms with E-state index in [0.717, 1.165) is 12.1 Å². The van der Waals surface area contributed by atoms with E-state index in [-0.39, 0.29) is 33.4 Å². The fourth-order valence-electron chi connectivity index (χ4n) is 2.52. The summed E-state index contributed by atoms with van der Waals surface area (Å²) in [4.78, 5) is 12.3. The molecule has 0 saturated carbocycles. The zero-order valence-electron chi connectivity index (χ0n) is 15.3. The van der Waals surface area contributed by atoms with E-state index in [0.29, 0.717) is 0 Å². The van der Waals surface area contributed by atoms with Crippen molar-refractivity contribution >= 4 is 21.5 Å². The van der Waals surface area contributed by atoms with Gasteiger partial charge < -0.3 is 9.52 Å². The molecule has 0 bridgehead atoms. The van der Waals surface area contributed by atoms with Crippen molar-refractivity contribution in [3.8, 4) is 5.75 Å². The Hall–Kier alpha value is -3.46. The SMILES string of the molecule is C/C(=N\NC(=O)c1ccc(CS(=O)(=O)c2ccccc2)o1)c1cc(F)ccc1O. The maximum Gasteiger partial charge on any atom is 0.307 e. The standard InChI is InChI=1S/C20H17FN2O5S/c1-13(17-11-14(21)7-9-18(17)24)22-23-20(25)19-10-8-15(28-19)12-29(26,27)16-5-3-2-4-6-16/h2-11,24H,12H2,1H3,(H,23,25)/b22-13+. The molecule has 0 aliphatic carbocycles. The molecule has 1 amide bonds. The number of benzene rings is 2. The van der Waals surface area contributed by atoms with Crippen LogP contribution in [0.3, 0.4) is 0 Å². The van der Waals surface area contributed by atoms with E-state index in [1.807, 2.05) is 0 Å². The molecule has 2 N–H and O–H groups in total. The Kier molecular flexibility index (Phi) is 5.79. The minimum Gasteiger partial charge on any atom is -0.507 e. The van der Waals surface area contributed by atoms with Gasteiger partial charge in [-0.15, -0.1) is 0 Å². The molecule has 0 spiro atoms. The smallest absolute Gasteiger partial charge is 0.307 e. The van der Waals surface area contributed by atoms with E-state index < -0.39 is 27.3 Å². The summed E-state index contributed by atoms with van der Waals surface area (Å²) in [5.41, 5.74) is 2.52. The molecule has 3 aromatic rings. The number of carbonyl (C=O) groups is 1. The quantitative estimate of drug-likeness (QED) is 0.474. The summed E-state index contributed by atoms with van der Waals surface area (Å²) in [6.45, 7) is 1.48. The van der Waals surface area contributed by atoms with Crippen LogP contribution in [0.2, 0.25) is 0 Å². The maximum atomic E-state index is 13.3. The Balaban J connectivity index is 1.70. The van der Waals surface area contributed by atoms with E-state index >= 15 is 0 Å². The van der Waals surface area contributed by atoms with Crippen LogP contribution < -0.4 is 5.43 Å². The molecule has 0 aliphatic rings. The molecule has 3 rings (SSSR count). The molecule has 0 aliphatic heterocycles. The average molecular weight is 416 g/mol. The third-order valence-corrected chi connectivity index (χ3v) is 5.65. The molecule has 2 aromatic carbocycles. The van der Waals surface area contributed by atoms with Gasteiger partial charge in [-0.2, -0.15) is 5.10 Å². The number of aromatic hydroxyl groups is 1. The summed E-state index contributed by atoms with van der Waals surface area (Å²) in [7, 11) is -3.61. The number of amides is 1. The number of hydrogen-bond donors (Lipinski definition) is 2. The monoisotopic (exact) mass is 416 g/mol. The molecule has 0 atom stereocenters. The third kappa shape index (κ3) is 4.88. The van der Waals surface area contributed by atoms with Gasteiger partial charge in [0.05, 0.1) is 10.6 Å². The van der Waals surface area contributed by atoms with Crippen LogP contribution in [0.25, 0.3) is 0 Å². The molecule has 29 heavy (non-hydrogen) atoms. The number of hydrogen-bond acceptors (Lipinski definition) is 6. The van der Waals surface area contributed by atoms with Crippen molar-refractivity contribution in [3.05, 3.63) is 83.6 Å². The van der Waals surface area contributed by atoms with Crippen molar-refractivity contribution < 1.29 is 27.1 Å². The Morgan fingerprint density at radius 3 is 2.59 bits per heavy atom. The van der Waals surface area contributed by atoms with E-state index in [1.165, 1.54) is 37.3 Å². The van der Waals surface area contributed by atoms with Gasteiger partial charge in [0.15, 0.2) is 15.6 Å². The highest BCUT2D eigenvalue weighted by Crippen LogP contribution is 2.19. The highest BCUT2D eigenvalue weighted by atomic mass is 32.2. The number of furan rings is 1. The zero-order valence-corrected chi connectivity index (χ0v) is 16.1. The van der Waals surface area contributed by atoms with Gasteiger partial charge in [-0.3, -0.25) is 4.79 Å². The molecule has 9 heteroatoms. The first-order valence-electron chi connectivity index (χ1n) is 8.46. The molecular formula is C20H17FN2O5S. The Bertz CT molecular complexity index is 1170. The van der Waals surface area contributed by atoms with Gasteiger partial charge in [-0.25, -0.2) is 18.2 Å². The summed E-state index contributed by atoms with van der Waals surface area (Å²) in [5, 5.41) is 13.6. The number of hydrazone groups is 1. The van der Waals surface area contributed by atoms with Gasteiger partial charge in [0.25, 0.3) is 0 Å². The highest BCUT2D eigenvalue weighted by Gasteiger charge is 2.19. The maximum absolute atomic E-state index is 13.3. The van der Waals surface area contributed by atoms with Crippen LogP contribution in [0.1, 0.15) is 28.8 Å². The van der Waals surface area contributed by atoms with Gasteiger partial charge in [-0.05, 0) is 49.4 Å². The Morgan fingerprint density at radius 2 is 1.86 bits per heavy atom. The Labute approximate surface area is 166 Å². The van der Waals surface area contributed by atoms with Crippen LogP contribution in [0.15, 0.2) is 75.1 Å². The number of carbonyl (C=O) groups excluding carboxylic acids is 1. The van der Waals surface area contributed by atoms with Crippen molar-refractivity contribution in [2.24, 2.45) is 5.10 Å². The van der Waals surface area contributed by atoms with Gasteiger partial charge in [-0.1, -0.05) is 18.2 Å². The van der Waals surface area contributed by atoms with Crippen LogP contribution >= 0.6 is 0 Å². The number of sulfone groups is 1. The lowest BCUT2D eigenvalue weighted by Gasteiger charge is -2.04. The molecule has 0 fully saturated rings. The number of rotatable bonds is 6. The first-order chi connectivity index (χ1) is 13.8. The van der Waals surface area contributed by atoms with Gasteiger partial charge in [0.1, 0.15) is 23.1 Å². The van der Waals surface area contributed by atoms with Crippen molar-refractivity contribution in [1.29, 1.82) is 0 Å². The lowest BCUT2D eigenvalue weighted by molar-refractivity contribution is 0.0925. The van der Waals surface area contributed by atoms with E-state index in [4.69, 9.17) is 4.42 Å². The first-order valence-corrected chi connectivity index (χ1v) is 10.1. The summed E-state index contributed by atoms with van der Waals surface area (Å²) in [6.07, 6.45) is 0. The minimum absolute atomic E-state index is 0.0995. The number of phenols is 1. The van der Waals surface area contributed by atoms with Gasteiger partial charge in [0.2, 0.25) is 0 Å². The van der Waals surface area contributed by atoms with E-state index in [2.05, 4.69) is 10.5 Å². The summed E-state index contributed by atoms with van der Waals surface area (Å²) < 4.78 is 43.4. The molecule has 0 radical (unpaired) electrons. The van der Waals surface area contributed by atoms with Crippen molar-refractivity contribution in [1.82, 2.24) is 5.43 Å². The predicted molar refractivity (Wildman–Crippen MR) is 104 cm³/mol. The fourth-order valence-corrected chi connectivity index (χ4v) is 3.79. The summed E-state index contributed by atoms with van der Waals surface area (Å²) in [6, 6.07) is 14.0. The largest absolute Gasteiger partial charge is 0.507 e. The zero-order chi connectivity index (χ0) is 21.0. The topological polar surface area (TPSA) is 109 Å². The van der Waals surface area contributed by atoms with Crippen molar-refractivity contribution in [2.75, 3.05) is 0 Å². The molecule has 150 valence electrons. The first kappa shape index (κ1) is 20.3. The van der Waals surface area contributed by atoms with Gasteiger partial charge >= 0.3 is 5.91 Å². The van der Waals surface area contributed by atoms with Crippen LogP contribution in [0.4, 0.5) is 4.39 Å². The second-order valence-corrected chi connectivity index (χ2v) is 8.13. The molecule has 1 heterocycles. The van der Waals surface area contributed by atoms with Gasteiger partial charge in [0, 0.05) is 5.56 Å². The molecule has 0 saturated heterocycles. The van der Waals surface area contributed by atoms with Crippen LogP contribution in [0, 0.1) is 5.82 Å². The summed E-state index contributed by atoms with van der Waals surface area (Å²) >= 11 is 0. The molecule has 0 unspecified atom stereocenters.